The van der Waals surface area contributed by atoms with Crippen LogP contribution in [0.4, 0.5) is 0 Å². The van der Waals surface area contributed by atoms with E-state index in [4.69, 9.17) is 4.74 Å². The molecule has 0 atom stereocenters. The van der Waals surface area contributed by atoms with E-state index >= 15 is 0 Å². The van der Waals surface area contributed by atoms with Crippen LogP contribution in [-0.2, 0) is 4.74 Å². The van der Waals surface area contributed by atoms with Gasteiger partial charge in [0.1, 0.15) is 6.61 Å². The van der Waals surface area contributed by atoms with Gasteiger partial charge in [0.2, 0.25) is 0 Å². The van der Waals surface area contributed by atoms with Crippen molar-refractivity contribution in [2.45, 2.75) is 46.0 Å². The van der Waals surface area contributed by atoms with E-state index < -0.39 is 0 Å². The van der Waals surface area contributed by atoms with E-state index in [2.05, 4.69) is 25.3 Å². The molecule has 0 aliphatic rings. The number of hydrogen-bond acceptors (Lipinski definition) is 1. The lowest BCUT2D eigenvalue weighted by molar-refractivity contribution is 0.192. The molecule has 0 N–H and O–H groups in total. The Bertz CT molecular complexity index is 195. The van der Waals surface area contributed by atoms with Crippen LogP contribution in [0.25, 0.3) is 0 Å². The Morgan fingerprint density at radius 2 is 2.00 bits per heavy atom. The Labute approximate surface area is 88.5 Å². The minimum Gasteiger partial charge on any atom is -0.364 e. The molecule has 0 radical (unpaired) electrons. The molecule has 14 heavy (non-hydrogen) atoms. The van der Waals surface area contributed by atoms with Crippen molar-refractivity contribution in [2.75, 3.05) is 13.2 Å². The summed E-state index contributed by atoms with van der Waals surface area (Å²) in [5, 5.41) is 0. The maximum Gasteiger partial charge on any atom is 0.108 e. The lowest BCUT2D eigenvalue weighted by Crippen LogP contribution is -1.94. The van der Waals surface area contributed by atoms with Crippen LogP contribution < -0.4 is 0 Å². The summed E-state index contributed by atoms with van der Waals surface area (Å²) >= 11 is 0. The van der Waals surface area contributed by atoms with Crippen molar-refractivity contribution in [1.82, 2.24) is 0 Å². The van der Waals surface area contributed by atoms with Crippen LogP contribution in [0.1, 0.15) is 46.0 Å². The summed E-state index contributed by atoms with van der Waals surface area (Å²) in [6, 6.07) is 0. The summed E-state index contributed by atoms with van der Waals surface area (Å²) in [5.74, 6) is 6.12. The first kappa shape index (κ1) is 13.3. The topological polar surface area (TPSA) is 9.23 Å². The second kappa shape index (κ2) is 10.3. The number of unbranched alkanes of at least 4 members (excludes halogenated alkanes) is 4. The summed E-state index contributed by atoms with van der Waals surface area (Å²) in [6.07, 6.45) is 6.15. The van der Waals surface area contributed by atoms with Gasteiger partial charge in [0.05, 0.1) is 6.61 Å². The first-order chi connectivity index (χ1) is 6.77. The zero-order chi connectivity index (χ0) is 10.6. The van der Waals surface area contributed by atoms with Crippen LogP contribution in [-0.4, -0.2) is 13.2 Å². The quantitative estimate of drug-likeness (QED) is 0.342. The number of hydrogen-bond donors (Lipinski definition) is 0. The van der Waals surface area contributed by atoms with E-state index in [0.717, 1.165) is 12.0 Å². The summed E-state index contributed by atoms with van der Waals surface area (Å²) in [6.45, 7) is 9.10. The number of ether oxygens (including phenoxy) is 1. The zero-order valence-electron chi connectivity index (χ0n) is 9.57. The largest absolute Gasteiger partial charge is 0.364 e. The van der Waals surface area contributed by atoms with Crippen molar-refractivity contribution in [3.63, 3.8) is 0 Å². The summed E-state index contributed by atoms with van der Waals surface area (Å²) in [7, 11) is 0. The van der Waals surface area contributed by atoms with Gasteiger partial charge < -0.3 is 4.74 Å². The molecule has 0 aliphatic carbocycles. The van der Waals surface area contributed by atoms with Gasteiger partial charge in [-0.3, -0.25) is 0 Å². The molecule has 0 unspecified atom stereocenters. The van der Waals surface area contributed by atoms with Crippen LogP contribution in [0.15, 0.2) is 12.2 Å². The third-order valence-corrected chi connectivity index (χ3v) is 1.80. The highest BCUT2D eigenvalue weighted by Crippen LogP contribution is 2.00. The fourth-order valence-corrected chi connectivity index (χ4v) is 1.06. The minimum absolute atomic E-state index is 0.542. The normalized spacial score (nSPS) is 9.29. The Kier molecular flexibility index (Phi) is 9.79. The van der Waals surface area contributed by atoms with Gasteiger partial charge in [-0.15, -0.1) is 5.92 Å². The molecule has 0 bridgehead atoms. The second-order valence-corrected chi connectivity index (χ2v) is 3.61. The van der Waals surface area contributed by atoms with E-state index in [1.54, 1.807) is 0 Å². The molecule has 0 fully saturated rings. The molecule has 80 valence electrons. The van der Waals surface area contributed by atoms with Crippen LogP contribution in [0.3, 0.4) is 0 Å². The first-order valence-electron chi connectivity index (χ1n) is 5.45. The maximum absolute atomic E-state index is 5.25. The highest BCUT2D eigenvalue weighted by atomic mass is 16.5. The molecule has 0 aromatic carbocycles. The third kappa shape index (κ3) is 11.3. The Hall–Kier alpha value is -0.740. The molecule has 0 saturated carbocycles. The summed E-state index contributed by atoms with van der Waals surface area (Å²) in [5.41, 5.74) is 1.05. The molecule has 0 heterocycles. The van der Waals surface area contributed by atoms with Gasteiger partial charge in [-0.25, -0.2) is 0 Å². The highest BCUT2D eigenvalue weighted by Gasteiger charge is 1.85. The first-order valence-corrected chi connectivity index (χ1v) is 5.45. The second-order valence-electron chi connectivity index (χ2n) is 3.61. The summed E-state index contributed by atoms with van der Waals surface area (Å²) < 4.78 is 5.25. The molecule has 0 rings (SSSR count). The van der Waals surface area contributed by atoms with E-state index in [0.29, 0.717) is 13.2 Å². The van der Waals surface area contributed by atoms with Gasteiger partial charge in [0, 0.05) is 6.42 Å². The monoisotopic (exact) mass is 194 g/mol. The van der Waals surface area contributed by atoms with Crippen LogP contribution in [0, 0.1) is 11.8 Å². The van der Waals surface area contributed by atoms with Gasteiger partial charge in [-0.1, -0.05) is 44.3 Å². The van der Waals surface area contributed by atoms with E-state index in [9.17, 15) is 0 Å². The lowest BCUT2D eigenvalue weighted by Gasteiger charge is -1.96. The van der Waals surface area contributed by atoms with Crippen LogP contribution in [0.5, 0.6) is 0 Å². The van der Waals surface area contributed by atoms with Gasteiger partial charge in [0.25, 0.3) is 0 Å². The van der Waals surface area contributed by atoms with Crippen molar-refractivity contribution >= 4 is 0 Å². The molecule has 0 aromatic heterocycles. The van der Waals surface area contributed by atoms with Crippen molar-refractivity contribution in [1.29, 1.82) is 0 Å². The average Bonchev–Trinajstić information content (AvgIpc) is 2.15. The van der Waals surface area contributed by atoms with Crippen LogP contribution >= 0.6 is 0 Å². The van der Waals surface area contributed by atoms with Gasteiger partial charge in [0.15, 0.2) is 0 Å². The molecular formula is C13H22O. The predicted molar refractivity (Wildman–Crippen MR) is 62.2 cm³/mol. The van der Waals surface area contributed by atoms with Crippen molar-refractivity contribution in [2.24, 2.45) is 0 Å². The smallest absolute Gasteiger partial charge is 0.108 e. The van der Waals surface area contributed by atoms with E-state index in [-0.39, 0.29) is 0 Å². The lowest BCUT2D eigenvalue weighted by atomic mass is 10.2. The Morgan fingerprint density at radius 3 is 2.64 bits per heavy atom. The SMILES string of the molecule is C=C(C)COCC#CCCCCCC. The summed E-state index contributed by atoms with van der Waals surface area (Å²) in [4.78, 5) is 0. The molecule has 1 heteroatoms. The van der Waals surface area contributed by atoms with Crippen LogP contribution in [0.2, 0.25) is 0 Å². The van der Waals surface area contributed by atoms with Gasteiger partial charge in [-0.05, 0) is 13.3 Å². The van der Waals surface area contributed by atoms with Gasteiger partial charge >= 0.3 is 0 Å². The Balaban J connectivity index is 3.14. The third-order valence-electron chi connectivity index (χ3n) is 1.80. The van der Waals surface area contributed by atoms with E-state index in [1.165, 1.54) is 25.7 Å². The molecule has 0 amide bonds. The molecule has 0 aromatic rings. The standard InChI is InChI=1S/C13H22O/c1-4-5-6-7-8-9-10-11-14-12-13(2)3/h2,4-8,11-12H2,1,3H3. The van der Waals surface area contributed by atoms with Gasteiger partial charge in [-0.2, -0.15) is 0 Å². The molecule has 1 nitrogen and oxygen atoms in total. The average molecular weight is 194 g/mol. The van der Waals surface area contributed by atoms with E-state index in [1.807, 2.05) is 6.92 Å². The molecule has 0 saturated heterocycles. The minimum atomic E-state index is 0.542. The molecule has 0 spiro atoms. The zero-order valence-corrected chi connectivity index (χ0v) is 9.57. The highest BCUT2D eigenvalue weighted by molar-refractivity contribution is 4.99. The number of rotatable bonds is 7. The Morgan fingerprint density at radius 1 is 1.21 bits per heavy atom. The molecule has 0 aliphatic heterocycles. The molecular weight excluding hydrogens is 172 g/mol. The predicted octanol–water partition coefficient (Wildman–Crippen LogP) is 3.55. The van der Waals surface area contributed by atoms with Crippen molar-refractivity contribution < 1.29 is 4.74 Å². The maximum atomic E-state index is 5.25. The fraction of sp³-hybridized carbons (Fsp3) is 0.692. The fourth-order valence-electron chi connectivity index (χ4n) is 1.06. The van der Waals surface area contributed by atoms with Crippen molar-refractivity contribution in [3.05, 3.63) is 12.2 Å². The van der Waals surface area contributed by atoms with Crippen molar-refractivity contribution in [3.8, 4) is 11.8 Å².